The van der Waals surface area contributed by atoms with Crippen LogP contribution in [0.2, 0.25) is 5.02 Å². The lowest BCUT2D eigenvalue weighted by atomic mass is 10.0. The summed E-state index contributed by atoms with van der Waals surface area (Å²) in [5.41, 5.74) is -0.408. The van der Waals surface area contributed by atoms with Crippen molar-refractivity contribution in [3.63, 3.8) is 0 Å². The number of aromatic hydroxyl groups is 1. The second-order valence-corrected chi connectivity index (χ2v) is 7.60. The summed E-state index contributed by atoms with van der Waals surface area (Å²) in [6.45, 7) is 1.55. The van der Waals surface area contributed by atoms with Gasteiger partial charge >= 0.3 is 5.97 Å². The number of azo groups is 1. The topological polar surface area (TPSA) is 137 Å². The van der Waals surface area contributed by atoms with Crippen molar-refractivity contribution in [2.45, 2.75) is 11.8 Å². The van der Waals surface area contributed by atoms with Crippen LogP contribution in [0.3, 0.4) is 0 Å². The Bertz CT molecular complexity index is 1250. The molecule has 0 amide bonds. The molecule has 3 aromatic carbocycles. The molecule has 3 aromatic rings. The Morgan fingerprint density at radius 1 is 1.11 bits per heavy atom. The summed E-state index contributed by atoms with van der Waals surface area (Å²) in [6.07, 6.45) is 0. The minimum Gasteiger partial charge on any atom is -0.505 e. The van der Waals surface area contributed by atoms with Gasteiger partial charge in [-0.15, -0.1) is 10.2 Å². The van der Waals surface area contributed by atoms with E-state index in [1.807, 2.05) is 0 Å². The van der Waals surface area contributed by atoms with Gasteiger partial charge in [0.1, 0.15) is 21.8 Å². The minimum atomic E-state index is -4.71. The van der Waals surface area contributed by atoms with Gasteiger partial charge in [-0.3, -0.25) is 4.55 Å². The Morgan fingerprint density at radius 2 is 1.79 bits per heavy atom. The van der Waals surface area contributed by atoms with Crippen molar-refractivity contribution < 1.29 is 28.0 Å². The van der Waals surface area contributed by atoms with E-state index in [0.29, 0.717) is 16.3 Å². The Labute approximate surface area is 164 Å². The Morgan fingerprint density at radius 3 is 2.43 bits per heavy atom. The highest BCUT2D eigenvalue weighted by molar-refractivity contribution is 7.86. The van der Waals surface area contributed by atoms with Gasteiger partial charge in [0.15, 0.2) is 5.75 Å². The Balaban J connectivity index is 2.27. The molecule has 0 bridgehead atoms. The molecule has 0 aliphatic rings. The average Bonchev–Trinajstić information content (AvgIpc) is 2.62. The van der Waals surface area contributed by atoms with Crippen molar-refractivity contribution in [3.8, 4) is 5.75 Å². The highest BCUT2D eigenvalue weighted by Gasteiger charge is 2.22. The van der Waals surface area contributed by atoms with Gasteiger partial charge in [0.05, 0.1) is 5.02 Å². The van der Waals surface area contributed by atoms with E-state index in [-0.39, 0.29) is 22.0 Å². The molecule has 3 N–H and O–H groups in total. The first-order chi connectivity index (χ1) is 13.1. The molecular weight excluding hydrogens is 408 g/mol. The minimum absolute atomic E-state index is 0.159. The lowest BCUT2D eigenvalue weighted by Crippen LogP contribution is -2.00. The first kappa shape index (κ1) is 19.7. The smallest absolute Gasteiger partial charge is 0.339 e. The van der Waals surface area contributed by atoms with Crippen LogP contribution in [0.5, 0.6) is 5.75 Å². The average molecular weight is 421 g/mol. The number of hydrogen-bond donors (Lipinski definition) is 3. The largest absolute Gasteiger partial charge is 0.505 e. The van der Waals surface area contributed by atoms with Crippen LogP contribution in [-0.4, -0.2) is 29.2 Å². The van der Waals surface area contributed by atoms with E-state index in [9.17, 15) is 28.0 Å². The van der Waals surface area contributed by atoms with Crippen molar-refractivity contribution in [3.05, 3.63) is 58.6 Å². The number of aromatic carboxylic acids is 1. The number of carbonyl (C=O) groups is 1. The maximum absolute atomic E-state index is 11.7. The number of fused-ring (bicyclic) bond motifs is 1. The van der Waals surface area contributed by atoms with Gasteiger partial charge in [0.25, 0.3) is 10.1 Å². The van der Waals surface area contributed by atoms with Gasteiger partial charge in [-0.1, -0.05) is 41.9 Å². The summed E-state index contributed by atoms with van der Waals surface area (Å²) >= 11 is 5.99. The molecular formula is C18H13ClN2O6S. The zero-order valence-electron chi connectivity index (χ0n) is 14.3. The fraction of sp³-hybridized carbons (Fsp3) is 0.0556. The van der Waals surface area contributed by atoms with Crippen LogP contribution in [0, 0.1) is 6.92 Å². The molecule has 3 rings (SSSR count). The van der Waals surface area contributed by atoms with Crippen molar-refractivity contribution in [2.24, 2.45) is 10.2 Å². The summed E-state index contributed by atoms with van der Waals surface area (Å²) in [7, 11) is -4.71. The normalized spacial score (nSPS) is 12.0. The highest BCUT2D eigenvalue weighted by atomic mass is 35.5. The number of benzene rings is 3. The number of nitrogens with zero attached hydrogens (tertiary/aromatic N) is 2. The summed E-state index contributed by atoms with van der Waals surface area (Å²) in [5.74, 6) is -1.99. The quantitative estimate of drug-likeness (QED) is 0.407. The SMILES string of the molecule is Cc1ccc(N=Nc2c(O)c(C(=O)O)cc3ccccc23)c(S(=O)(=O)O)c1Cl. The predicted molar refractivity (Wildman–Crippen MR) is 103 cm³/mol. The summed E-state index contributed by atoms with van der Waals surface area (Å²) in [4.78, 5) is 10.8. The van der Waals surface area contributed by atoms with Crippen LogP contribution in [0.25, 0.3) is 10.8 Å². The first-order valence-corrected chi connectivity index (χ1v) is 9.59. The van der Waals surface area contributed by atoms with Gasteiger partial charge in [-0.05, 0) is 30.0 Å². The van der Waals surface area contributed by atoms with E-state index in [1.165, 1.54) is 18.2 Å². The summed E-state index contributed by atoms with van der Waals surface area (Å²) < 4.78 is 32.9. The molecule has 0 unspecified atom stereocenters. The maximum Gasteiger partial charge on any atom is 0.339 e. The van der Waals surface area contributed by atoms with Crippen molar-refractivity contribution in [2.75, 3.05) is 0 Å². The number of rotatable bonds is 4. The van der Waals surface area contributed by atoms with Crippen molar-refractivity contribution in [1.29, 1.82) is 0 Å². The van der Waals surface area contributed by atoms with Gasteiger partial charge in [0, 0.05) is 5.39 Å². The van der Waals surface area contributed by atoms with Crippen LogP contribution in [-0.2, 0) is 10.1 Å². The number of carboxylic acid groups (broad SMARTS) is 1. The molecule has 10 heteroatoms. The second kappa shape index (κ2) is 7.19. The number of hydrogen-bond acceptors (Lipinski definition) is 6. The molecule has 144 valence electrons. The van der Waals surface area contributed by atoms with Crippen LogP contribution >= 0.6 is 11.6 Å². The zero-order valence-corrected chi connectivity index (χ0v) is 15.9. The van der Waals surface area contributed by atoms with Crippen molar-refractivity contribution >= 4 is 49.8 Å². The Kier molecular flexibility index (Phi) is 5.07. The van der Waals surface area contributed by atoms with E-state index in [2.05, 4.69) is 10.2 Å². The summed E-state index contributed by atoms with van der Waals surface area (Å²) in [5, 5.41) is 28.0. The molecule has 0 saturated carbocycles. The van der Waals surface area contributed by atoms with Crippen LogP contribution in [0.1, 0.15) is 15.9 Å². The maximum atomic E-state index is 11.7. The van der Waals surface area contributed by atoms with Crippen LogP contribution in [0.15, 0.2) is 57.6 Å². The van der Waals surface area contributed by atoms with E-state index in [1.54, 1.807) is 31.2 Å². The molecule has 0 fully saturated rings. The molecule has 0 aliphatic heterocycles. The van der Waals surface area contributed by atoms with Crippen LogP contribution < -0.4 is 0 Å². The molecule has 0 radical (unpaired) electrons. The van der Waals surface area contributed by atoms with Crippen LogP contribution in [0.4, 0.5) is 11.4 Å². The fourth-order valence-corrected chi connectivity index (χ4v) is 3.87. The third-order valence-corrected chi connectivity index (χ3v) is 5.54. The standard InChI is InChI=1S/C18H13ClN2O6S/c1-9-6-7-13(17(14(9)19)28(25,26)27)20-21-15-11-5-3-2-4-10(11)8-12(16(15)22)18(23)24/h2-8,22H,1H3,(H,23,24)(H,25,26,27). The summed E-state index contributed by atoms with van der Waals surface area (Å²) in [6, 6.07) is 10.6. The molecule has 8 nitrogen and oxygen atoms in total. The highest BCUT2D eigenvalue weighted by Crippen LogP contribution is 2.40. The Hall–Kier alpha value is -3.01. The molecule has 0 atom stereocenters. The van der Waals surface area contributed by atoms with Gasteiger partial charge in [-0.25, -0.2) is 4.79 Å². The third kappa shape index (κ3) is 3.55. The van der Waals surface area contributed by atoms with E-state index in [4.69, 9.17) is 11.6 Å². The monoisotopic (exact) mass is 420 g/mol. The molecule has 0 aliphatic carbocycles. The number of halogens is 1. The third-order valence-electron chi connectivity index (χ3n) is 4.01. The van der Waals surface area contributed by atoms with E-state index in [0.717, 1.165) is 0 Å². The van der Waals surface area contributed by atoms with E-state index < -0.39 is 26.7 Å². The second-order valence-electron chi connectivity index (χ2n) is 5.87. The predicted octanol–water partition coefficient (Wildman–Crippen LogP) is 4.87. The first-order valence-electron chi connectivity index (χ1n) is 7.77. The molecule has 0 heterocycles. The van der Waals surface area contributed by atoms with Crippen molar-refractivity contribution in [1.82, 2.24) is 0 Å². The van der Waals surface area contributed by atoms with Gasteiger partial charge in [-0.2, -0.15) is 8.42 Å². The fourth-order valence-electron chi connectivity index (χ4n) is 2.65. The number of phenols is 1. The lowest BCUT2D eigenvalue weighted by molar-refractivity contribution is 0.0694. The molecule has 28 heavy (non-hydrogen) atoms. The zero-order chi connectivity index (χ0) is 20.6. The molecule has 0 aromatic heterocycles. The molecule has 0 saturated heterocycles. The molecule has 0 spiro atoms. The number of carboxylic acids is 1. The van der Waals surface area contributed by atoms with E-state index >= 15 is 0 Å². The van der Waals surface area contributed by atoms with Gasteiger partial charge in [0.2, 0.25) is 0 Å². The van der Waals surface area contributed by atoms with Gasteiger partial charge < -0.3 is 10.2 Å². The lowest BCUT2D eigenvalue weighted by Gasteiger charge is -2.09. The number of aryl methyl sites for hydroxylation is 1.